The summed E-state index contributed by atoms with van der Waals surface area (Å²) < 4.78 is 4.82. The molecule has 3 aromatic rings. The van der Waals surface area contributed by atoms with Crippen molar-refractivity contribution < 1.29 is 9.53 Å². The highest BCUT2D eigenvalue weighted by Crippen LogP contribution is 2.30. The molecule has 24 heavy (non-hydrogen) atoms. The molecule has 0 fully saturated rings. The maximum absolute atomic E-state index is 12.0. The second-order valence-corrected chi connectivity index (χ2v) is 5.06. The number of nitrogens with zero attached hydrogens (tertiary/aromatic N) is 3. The van der Waals surface area contributed by atoms with E-state index < -0.39 is 5.97 Å². The van der Waals surface area contributed by atoms with Gasteiger partial charge in [0.05, 0.1) is 18.4 Å². The highest BCUT2D eigenvalue weighted by atomic mass is 16.5. The first-order valence-corrected chi connectivity index (χ1v) is 7.25. The van der Waals surface area contributed by atoms with Crippen molar-refractivity contribution in [3.8, 4) is 0 Å². The normalized spacial score (nSPS) is 10.0. The van der Waals surface area contributed by atoms with Crippen LogP contribution in [0.2, 0.25) is 0 Å². The molecule has 1 N–H and O–H groups in total. The van der Waals surface area contributed by atoms with Crippen molar-refractivity contribution in [2.75, 3.05) is 12.4 Å². The molecular weight excluding hydrogens is 304 g/mol. The maximum Gasteiger partial charge on any atom is 0.339 e. The first kappa shape index (κ1) is 15.4. The van der Waals surface area contributed by atoms with Crippen LogP contribution in [-0.4, -0.2) is 13.1 Å². The van der Waals surface area contributed by atoms with E-state index in [1.54, 1.807) is 12.1 Å². The van der Waals surface area contributed by atoms with Gasteiger partial charge >= 0.3 is 5.97 Å². The van der Waals surface area contributed by atoms with Crippen LogP contribution in [0.4, 0.5) is 17.1 Å². The Morgan fingerprint density at radius 3 is 2.67 bits per heavy atom. The lowest BCUT2D eigenvalue weighted by molar-refractivity contribution is 0.0602. The zero-order valence-electron chi connectivity index (χ0n) is 12.9. The second kappa shape index (κ2) is 6.73. The highest BCUT2D eigenvalue weighted by molar-refractivity contribution is 6.00. The summed E-state index contributed by atoms with van der Waals surface area (Å²) in [5.41, 5.74) is 10.7. The lowest BCUT2D eigenvalue weighted by Crippen LogP contribution is -2.05. The van der Waals surface area contributed by atoms with Crippen molar-refractivity contribution in [1.82, 2.24) is 0 Å². The van der Waals surface area contributed by atoms with Gasteiger partial charge in [-0.15, -0.1) is 0 Å². The van der Waals surface area contributed by atoms with Gasteiger partial charge in [0.15, 0.2) is 0 Å². The summed E-state index contributed by atoms with van der Waals surface area (Å²) in [4.78, 5) is 14.8. The monoisotopic (exact) mass is 318 g/mol. The highest BCUT2D eigenvalue weighted by Gasteiger charge is 2.13. The smallest absolute Gasteiger partial charge is 0.339 e. The Morgan fingerprint density at radius 1 is 1.08 bits per heavy atom. The largest absolute Gasteiger partial charge is 0.465 e. The fourth-order valence-electron chi connectivity index (χ4n) is 2.51. The number of benzene rings is 3. The number of anilines is 2. The van der Waals surface area contributed by atoms with Crippen LogP contribution in [0.3, 0.4) is 0 Å². The Balaban J connectivity index is 2.08. The Hall–Kier alpha value is -3.50. The van der Waals surface area contributed by atoms with E-state index in [0.717, 1.165) is 16.5 Å². The Bertz CT molecular complexity index is 957. The van der Waals surface area contributed by atoms with Gasteiger partial charge in [0, 0.05) is 21.7 Å². The van der Waals surface area contributed by atoms with Crippen LogP contribution in [0.15, 0.2) is 65.8 Å². The summed E-state index contributed by atoms with van der Waals surface area (Å²) in [6.07, 6.45) is 0. The summed E-state index contributed by atoms with van der Waals surface area (Å²) in [5, 5.41) is 8.92. The molecule has 0 aliphatic carbocycles. The van der Waals surface area contributed by atoms with Gasteiger partial charge in [0.1, 0.15) is 0 Å². The number of carbonyl (C=O) groups is 1. The molecule has 0 amide bonds. The number of carbonyl (C=O) groups excluding carboxylic acids is 1. The lowest BCUT2D eigenvalue weighted by Gasteiger charge is -2.13. The lowest BCUT2D eigenvalue weighted by atomic mass is 10.1. The van der Waals surface area contributed by atoms with Gasteiger partial charge in [-0.25, -0.2) is 4.79 Å². The van der Waals surface area contributed by atoms with E-state index in [1.165, 1.54) is 13.2 Å². The number of rotatable bonds is 4. The molecule has 0 aromatic heterocycles. The SMILES string of the molecule is COC(=O)c1cc(N=[N+]=[N-])ccc1Nc1cccc2ccccc12. The zero-order valence-corrected chi connectivity index (χ0v) is 12.9. The van der Waals surface area contributed by atoms with Crippen LogP contribution in [0.5, 0.6) is 0 Å². The number of hydrogen-bond donors (Lipinski definition) is 1. The van der Waals surface area contributed by atoms with Crippen molar-refractivity contribution in [3.63, 3.8) is 0 Å². The number of azide groups is 1. The van der Waals surface area contributed by atoms with E-state index in [-0.39, 0.29) is 0 Å². The van der Waals surface area contributed by atoms with Crippen LogP contribution >= 0.6 is 0 Å². The average molecular weight is 318 g/mol. The standard InChI is InChI=1S/C18H14N4O2/c1-24-18(23)15-11-13(21-22-19)9-10-17(15)20-16-8-4-6-12-5-2-3-7-14(12)16/h2-11,20H,1H3. The molecule has 0 saturated carbocycles. The molecule has 0 spiro atoms. The van der Waals surface area contributed by atoms with Crippen LogP contribution in [-0.2, 0) is 4.74 Å². The number of esters is 1. The average Bonchev–Trinajstić information content (AvgIpc) is 2.63. The summed E-state index contributed by atoms with van der Waals surface area (Å²) in [5.74, 6) is -0.507. The first-order chi connectivity index (χ1) is 11.7. The minimum absolute atomic E-state index is 0.301. The maximum atomic E-state index is 12.0. The molecule has 0 unspecified atom stereocenters. The van der Waals surface area contributed by atoms with Gasteiger partial charge < -0.3 is 10.1 Å². The third-order valence-electron chi connectivity index (χ3n) is 3.63. The molecule has 0 aliphatic heterocycles. The van der Waals surface area contributed by atoms with Crippen LogP contribution in [0.25, 0.3) is 21.2 Å². The van der Waals surface area contributed by atoms with E-state index in [4.69, 9.17) is 10.3 Å². The second-order valence-electron chi connectivity index (χ2n) is 5.06. The number of fused-ring (bicyclic) bond motifs is 1. The number of nitrogens with one attached hydrogen (secondary N) is 1. The van der Waals surface area contributed by atoms with E-state index in [0.29, 0.717) is 16.9 Å². The molecule has 3 aromatic carbocycles. The van der Waals surface area contributed by atoms with Gasteiger partial charge in [-0.05, 0) is 29.1 Å². The predicted molar refractivity (Wildman–Crippen MR) is 93.8 cm³/mol. The van der Waals surface area contributed by atoms with Crippen molar-refractivity contribution in [1.29, 1.82) is 0 Å². The fraction of sp³-hybridized carbons (Fsp3) is 0.0556. The summed E-state index contributed by atoms with van der Waals surface area (Å²) in [6, 6.07) is 18.7. The molecule has 3 rings (SSSR count). The minimum Gasteiger partial charge on any atom is -0.465 e. The van der Waals surface area contributed by atoms with Crippen LogP contribution < -0.4 is 5.32 Å². The van der Waals surface area contributed by atoms with Gasteiger partial charge in [0.2, 0.25) is 0 Å². The summed E-state index contributed by atoms with van der Waals surface area (Å²) in [7, 11) is 1.31. The van der Waals surface area contributed by atoms with Crippen LogP contribution in [0, 0.1) is 0 Å². The third kappa shape index (κ3) is 2.99. The molecule has 0 radical (unpaired) electrons. The van der Waals surface area contributed by atoms with Crippen molar-refractivity contribution >= 4 is 33.8 Å². The topological polar surface area (TPSA) is 87.1 Å². The number of methoxy groups -OCH3 is 1. The van der Waals surface area contributed by atoms with E-state index >= 15 is 0 Å². The molecule has 0 bridgehead atoms. The summed E-state index contributed by atoms with van der Waals surface area (Å²) in [6.45, 7) is 0. The van der Waals surface area contributed by atoms with E-state index in [9.17, 15) is 4.79 Å². The van der Waals surface area contributed by atoms with E-state index in [1.807, 2.05) is 42.5 Å². The fourth-order valence-corrected chi connectivity index (χ4v) is 2.51. The van der Waals surface area contributed by atoms with E-state index in [2.05, 4.69) is 15.3 Å². The van der Waals surface area contributed by atoms with Gasteiger partial charge in [-0.1, -0.05) is 47.6 Å². The predicted octanol–water partition coefficient (Wildman–Crippen LogP) is 5.31. The Morgan fingerprint density at radius 2 is 1.88 bits per heavy atom. The molecule has 0 aliphatic rings. The molecule has 0 heterocycles. The van der Waals surface area contributed by atoms with Crippen molar-refractivity contribution in [2.24, 2.45) is 5.11 Å². The number of hydrogen-bond acceptors (Lipinski definition) is 4. The first-order valence-electron chi connectivity index (χ1n) is 7.25. The molecule has 118 valence electrons. The molecule has 0 saturated heterocycles. The zero-order chi connectivity index (χ0) is 16.9. The quantitative estimate of drug-likeness (QED) is 0.306. The summed E-state index contributed by atoms with van der Waals surface area (Å²) >= 11 is 0. The third-order valence-corrected chi connectivity index (χ3v) is 3.63. The molecule has 0 atom stereocenters. The Labute approximate surface area is 138 Å². The molecule has 6 nitrogen and oxygen atoms in total. The minimum atomic E-state index is -0.507. The van der Waals surface area contributed by atoms with Crippen molar-refractivity contribution in [2.45, 2.75) is 0 Å². The van der Waals surface area contributed by atoms with Gasteiger partial charge in [-0.3, -0.25) is 0 Å². The van der Waals surface area contributed by atoms with Gasteiger partial charge in [-0.2, -0.15) is 0 Å². The number of ether oxygens (including phenoxy) is 1. The Kier molecular flexibility index (Phi) is 4.32. The van der Waals surface area contributed by atoms with Gasteiger partial charge in [0.25, 0.3) is 0 Å². The molecular formula is C18H14N4O2. The molecule has 6 heteroatoms. The van der Waals surface area contributed by atoms with Crippen molar-refractivity contribution in [3.05, 3.63) is 76.7 Å². The van der Waals surface area contributed by atoms with Crippen LogP contribution in [0.1, 0.15) is 10.4 Å².